The van der Waals surface area contributed by atoms with Crippen LogP contribution >= 0.6 is 23.5 Å². The van der Waals surface area contributed by atoms with Gasteiger partial charge in [0.25, 0.3) is 5.91 Å². The lowest BCUT2D eigenvalue weighted by Gasteiger charge is -2.08. The number of carbonyl (C=O) groups is 1. The van der Waals surface area contributed by atoms with Crippen LogP contribution in [0.4, 0.5) is 5.69 Å². The minimum absolute atomic E-state index is 0.161. The molecule has 0 heterocycles. The Kier molecular flexibility index (Phi) is 6.59. The van der Waals surface area contributed by atoms with Gasteiger partial charge in [0.05, 0.1) is 11.6 Å². The summed E-state index contributed by atoms with van der Waals surface area (Å²) in [6.45, 7) is 0. The number of hydrogen-bond acceptors (Lipinski definition) is 4. The molecule has 3 aromatic rings. The van der Waals surface area contributed by atoms with E-state index in [0.717, 1.165) is 10.6 Å². The Morgan fingerprint density at radius 2 is 1.74 bits per heavy atom. The fourth-order valence-corrected chi connectivity index (χ4v) is 3.77. The number of anilines is 1. The van der Waals surface area contributed by atoms with Crippen molar-refractivity contribution in [3.05, 3.63) is 89.5 Å². The summed E-state index contributed by atoms with van der Waals surface area (Å²) in [6, 6.07) is 25.0. The fourth-order valence-electron chi connectivity index (χ4n) is 2.45. The van der Waals surface area contributed by atoms with Gasteiger partial charge < -0.3 is 5.32 Å². The molecule has 0 spiro atoms. The van der Waals surface area contributed by atoms with Crippen LogP contribution in [-0.4, -0.2) is 12.2 Å². The van der Waals surface area contributed by atoms with Crippen LogP contribution in [-0.2, 0) is 5.75 Å². The molecule has 0 aliphatic rings. The smallest absolute Gasteiger partial charge is 0.255 e. The number of carbonyl (C=O) groups excluding carboxylic acids is 1. The second kappa shape index (κ2) is 9.31. The van der Waals surface area contributed by atoms with Crippen molar-refractivity contribution in [1.82, 2.24) is 0 Å². The zero-order valence-electron chi connectivity index (χ0n) is 14.8. The van der Waals surface area contributed by atoms with Crippen molar-refractivity contribution in [3.8, 4) is 6.07 Å². The van der Waals surface area contributed by atoms with Gasteiger partial charge in [0.1, 0.15) is 0 Å². The Morgan fingerprint density at radius 3 is 2.41 bits per heavy atom. The van der Waals surface area contributed by atoms with Crippen LogP contribution in [0.5, 0.6) is 0 Å². The van der Waals surface area contributed by atoms with Gasteiger partial charge in [-0.3, -0.25) is 4.79 Å². The third kappa shape index (κ3) is 5.40. The van der Waals surface area contributed by atoms with E-state index >= 15 is 0 Å². The number of nitriles is 1. The molecular weight excluding hydrogens is 372 g/mol. The van der Waals surface area contributed by atoms with E-state index in [1.165, 1.54) is 10.5 Å². The Bertz CT molecular complexity index is 961. The van der Waals surface area contributed by atoms with Gasteiger partial charge in [-0.25, -0.2) is 0 Å². The van der Waals surface area contributed by atoms with Crippen LogP contribution in [0.1, 0.15) is 21.5 Å². The van der Waals surface area contributed by atoms with Crippen molar-refractivity contribution < 1.29 is 4.79 Å². The number of nitrogens with zero attached hydrogens (tertiary/aromatic N) is 1. The molecule has 0 aliphatic heterocycles. The van der Waals surface area contributed by atoms with Gasteiger partial charge in [0.15, 0.2) is 0 Å². The van der Waals surface area contributed by atoms with Crippen LogP contribution in [0.25, 0.3) is 0 Å². The summed E-state index contributed by atoms with van der Waals surface area (Å²) in [5.74, 6) is 0.696. The lowest BCUT2D eigenvalue weighted by molar-refractivity contribution is 0.102. The topological polar surface area (TPSA) is 52.9 Å². The maximum Gasteiger partial charge on any atom is 0.255 e. The fraction of sp³-hybridized carbons (Fsp3) is 0.0909. The first-order valence-corrected chi connectivity index (χ1v) is 10.6. The molecule has 0 atom stereocenters. The predicted octanol–water partition coefficient (Wildman–Crippen LogP) is 5.82. The van der Waals surface area contributed by atoms with Gasteiger partial charge in [-0.1, -0.05) is 18.2 Å². The molecule has 1 amide bonds. The minimum Gasteiger partial charge on any atom is -0.322 e. The highest BCUT2D eigenvalue weighted by molar-refractivity contribution is 7.98. The normalized spacial score (nSPS) is 10.2. The number of amides is 1. The zero-order valence-corrected chi connectivity index (χ0v) is 16.4. The van der Waals surface area contributed by atoms with Crippen LogP contribution in [0.3, 0.4) is 0 Å². The summed E-state index contributed by atoms with van der Waals surface area (Å²) >= 11 is 3.44. The molecule has 0 saturated carbocycles. The van der Waals surface area contributed by atoms with Crippen LogP contribution in [0, 0.1) is 11.3 Å². The van der Waals surface area contributed by atoms with E-state index < -0.39 is 0 Å². The molecule has 134 valence electrons. The summed E-state index contributed by atoms with van der Waals surface area (Å²) < 4.78 is 0. The van der Waals surface area contributed by atoms with E-state index in [0.29, 0.717) is 16.8 Å². The first-order valence-electron chi connectivity index (χ1n) is 8.35. The molecule has 5 heteroatoms. The standard InChI is InChI=1S/C22H18N2OS2/c1-26-20-11-7-17(8-12-20)15-27-21-4-2-3-18(13-21)22(25)24-19-9-5-16(14-23)6-10-19/h2-13H,15H2,1H3,(H,24,25). The van der Waals surface area contributed by atoms with E-state index in [1.807, 2.05) is 18.2 Å². The third-order valence-electron chi connectivity index (χ3n) is 3.93. The van der Waals surface area contributed by atoms with Gasteiger partial charge in [-0.15, -0.1) is 23.5 Å². The molecule has 3 aromatic carbocycles. The van der Waals surface area contributed by atoms with Crippen LogP contribution < -0.4 is 5.32 Å². The second-order valence-electron chi connectivity index (χ2n) is 5.81. The van der Waals surface area contributed by atoms with E-state index in [-0.39, 0.29) is 5.91 Å². The first kappa shape index (κ1) is 19.1. The van der Waals surface area contributed by atoms with Gasteiger partial charge in [0.2, 0.25) is 0 Å². The number of rotatable bonds is 6. The SMILES string of the molecule is CSc1ccc(CSc2cccc(C(=O)Nc3ccc(C#N)cc3)c2)cc1. The molecule has 3 nitrogen and oxygen atoms in total. The van der Waals surface area contributed by atoms with Crippen molar-refractivity contribution in [2.45, 2.75) is 15.5 Å². The molecule has 1 N–H and O–H groups in total. The van der Waals surface area contributed by atoms with Crippen molar-refractivity contribution >= 4 is 35.1 Å². The third-order valence-corrected chi connectivity index (χ3v) is 5.74. The van der Waals surface area contributed by atoms with Gasteiger partial charge in [-0.2, -0.15) is 5.26 Å². The molecule has 0 radical (unpaired) electrons. The Labute approximate surface area is 167 Å². The van der Waals surface area contributed by atoms with E-state index in [2.05, 4.69) is 41.9 Å². The van der Waals surface area contributed by atoms with Gasteiger partial charge in [0, 0.05) is 26.8 Å². The Morgan fingerprint density at radius 1 is 1.00 bits per heavy atom. The molecule has 0 aliphatic carbocycles. The average molecular weight is 391 g/mol. The van der Waals surface area contributed by atoms with Crippen molar-refractivity contribution in [1.29, 1.82) is 5.26 Å². The van der Waals surface area contributed by atoms with Crippen LogP contribution in [0.15, 0.2) is 82.6 Å². The molecule has 0 bridgehead atoms. The van der Waals surface area contributed by atoms with Crippen LogP contribution in [0.2, 0.25) is 0 Å². The number of nitrogens with one attached hydrogen (secondary N) is 1. The molecular formula is C22H18N2OS2. The molecule has 0 aromatic heterocycles. The summed E-state index contributed by atoms with van der Waals surface area (Å²) in [5, 5.41) is 11.7. The monoisotopic (exact) mass is 390 g/mol. The Balaban J connectivity index is 1.63. The van der Waals surface area contributed by atoms with E-state index in [4.69, 9.17) is 5.26 Å². The molecule has 0 fully saturated rings. The average Bonchev–Trinajstić information content (AvgIpc) is 2.73. The van der Waals surface area contributed by atoms with Gasteiger partial charge >= 0.3 is 0 Å². The first-order chi connectivity index (χ1) is 13.2. The summed E-state index contributed by atoms with van der Waals surface area (Å²) in [6.07, 6.45) is 2.07. The lowest BCUT2D eigenvalue weighted by Crippen LogP contribution is -2.11. The quantitative estimate of drug-likeness (QED) is 0.539. The second-order valence-corrected chi connectivity index (χ2v) is 7.74. The number of hydrogen-bond donors (Lipinski definition) is 1. The molecule has 0 saturated heterocycles. The van der Waals surface area contributed by atoms with Crippen molar-refractivity contribution in [2.75, 3.05) is 11.6 Å². The largest absolute Gasteiger partial charge is 0.322 e. The highest BCUT2D eigenvalue weighted by Gasteiger charge is 2.07. The van der Waals surface area contributed by atoms with E-state index in [1.54, 1.807) is 53.9 Å². The lowest BCUT2D eigenvalue weighted by atomic mass is 10.2. The number of benzene rings is 3. The summed E-state index contributed by atoms with van der Waals surface area (Å²) in [5.41, 5.74) is 3.11. The zero-order chi connectivity index (χ0) is 19.1. The minimum atomic E-state index is -0.161. The van der Waals surface area contributed by atoms with E-state index in [9.17, 15) is 4.79 Å². The molecule has 27 heavy (non-hydrogen) atoms. The van der Waals surface area contributed by atoms with Crippen molar-refractivity contribution in [3.63, 3.8) is 0 Å². The Hall–Kier alpha value is -2.68. The highest BCUT2D eigenvalue weighted by Crippen LogP contribution is 2.25. The van der Waals surface area contributed by atoms with Gasteiger partial charge in [-0.05, 0) is 66.4 Å². The molecule has 0 unspecified atom stereocenters. The summed E-state index contributed by atoms with van der Waals surface area (Å²) in [4.78, 5) is 14.8. The highest BCUT2D eigenvalue weighted by atomic mass is 32.2. The summed E-state index contributed by atoms with van der Waals surface area (Å²) in [7, 11) is 0. The maximum atomic E-state index is 12.5. The predicted molar refractivity (Wildman–Crippen MR) is 113 cm³/mol. The number of thioether (sulfide) groups is 2. The molecule has 3 rings (SSSR count). The van der Waals surface area contributed by atoms with Crippen molar-refractivity contribution in [2.24, 2.45) is 0 Å². The maximum absolute atomic E-state index is 12.5.